The Labute approximate surface area is 137 Å². The molecule has 0 bridgehead atoms. The van der Waals surface area contributed by atoms with Crippen LogP contribution in [0.3, 0.4) is 0 Å². The Morgan fingerprint density at radius 1 is 1.33 bits per heavy atom. The third-order valence-corrected chi connectivity index (χ3v) is 5.38. The van der Waals surface area contributed by atoms with Crippen molar-refractivity contribution in [2.24, 2.45) is 0 Å². The first kappa shape index (κ1) is 16.8. The summed E-state index contributed by atoms with van der Waals surface area (Å²) in [6.45, 7) is 0.941. The van der Waals surface area contributed by atoms with Crippen molar-refractivity contribution in [2.45, 2.75) is 17.4 Å². The van der Waals surface area contributed by atoms with Gasteiger partial charge in [0, 0.05) is 30.9 Å². The van der Waals surface area contributed by atoms with Gasteiger partial charge in [0.2, 0.25) is 0 Å². The van der Waals surface area contributed by atoms with Crippen molar-refractivity contribution in [2.75, 3.05) is 20.2 Å². The highest BCUT2D eigenvalue weighted by molar-refractivity contribution is 8.13. The van der Waals surface area contributed by atoms with Crippen LogP contribution in [-0.4, -0.2) is 45.5 Å². The van der Waals surface area contributed by atoms with Crippen molar-refractivity contribution in [3.8, 4) is 0 Å². The van der Waals surface area contributed by atoms with Crippen LogP contribution in [-0.2, 0) is 13.8 Å². The third kappa shape index (κ3) is 3.63. The fourth-order valence-electron chi connectivity index (χ4n) is 2.16. The number of likely N-dealkylation sites (tertiary alicyclic amines) is 1. The predicted octanol–water partition coefficient (Wildman–Crippen LogP) is 2.78. The van der Waals surface area contributed by atoms with Crippen LogP contribution < -0.4 is 0 Å². The van der Waals surface area contributed by atoms with E-state index in [1.54, 1.807) is 12.0 Å². The molecule has 0 spiro atoms. The molecule has 1 atom stereocenters. The van der Waals surface area contributed by atoms with Gasteiger partial charge in [0.1, 0.15) is 4.90 Å². The SMILES string of the molecule is COC1CCN(C(=O)c2cc(S(=O)(=O)Cl)c(Cl)cc2Cl)C1. The van der Waals surface area contributed by atoms with Gasteiger partial charge in [-0.15, -0.1) is 0 Å². The van der Waals surface area contributed by atoms with Crippen LogP contribution in [0.2, 0.25) is 10.0 Å². The third-order valence-electron chi connectivity index (χ3n) is 3.28. The van der Waals surface area contributed by atoms with Gasteiger partial charge < -0.3 is 9.64 Å². The number of hydrogen-bond acceptors (Lipinski definition) is 4. The highest BCUT2D eigenvalue weighted by Gasteiger charge is 2.29. The van der Waals surface area contributed by atoms with Gasteiger partial charge in [-0.3, -0.25) is 4.79 Å². The van der Waals surface area contributed by atoms with E-state index >= 15 is 0 Å². The molecule has 0 aliphatic carbocycles. The molecule has 0 saturated carbocycles. The fraction of sp³-hybridized carbons (Fsp3) is 0.417. The van der Waals surface area contributed by atoms with Crippen LogP contribution in [0.15, 0.2) is 17.0 Å². The van der Waals surface area contributed by atoms with Gasteiger partial charge in [0.15, 0.2) is 0 Å². The monoisotopic (exact) mass is 371 g/mol. The first-order chi connectivity index (χ1) is 9.74. The summed E-state index contributed by atoms with van der Waals surface area (Å²) in [6, 6.07) is 2.31. The lowest BCUT2D eigenvalue weighted by Gasteiger charge is -2.17. The maximum atomic E-state index is 12.4. The van der Waals surface area contributed by atoms with E-state index in [2.05, 4.69) is 0 Å². The Morgan fingerprint density at radius 3 is 2.52 bits per heavy atom. The molecule has 1 heterocycles. The lowest BCUT2D eigenvalue weighted by molar-refractivity contribution is 0.0724. The summed E-state index contributed by atoms with van der Waals surface area (Å²) in [7, 11) is 2.81. The zero-order valence-electron chi connectivity index (χ0n) is 11.0. The number of ether oxygens (including phenoxy) is 1. The number of rotatable bonds is 3. The van der Waals surface area contributed by atoms with Crippen LogP contribution >= 0.6 is 33.9 Å². The lowest BCUT2D eigenvalue weighted by Crippen LogP contribution is -2.30. The summed E-state index contributed by atoms with van der Waals surface area (Å²) in [5, 5.41) is -0.0438. The second-order valence-electron chi connectivity index (χ2n) is 4.60. The molecule has 9 heteroatoms. The van der Waals surface area contributed by atoms with E-state index in [1.165, 1.54) is 6.07 Å². The predicted molar refractivity (Wildman–Crippen MR) is 80.8 cm³/mol. The molecule has 1 aromatic carbocycles. The quantitative estimate of drug-likeness (QED) is 0.765. The molecule has 1 aliphatic rings. The van der Waals surface area contributed by atoms with E-state index in [-0.39, 0.29) is 32.5 Å². The summed E-state index contributed by atoms with van der Waals surface area (Å²) in [5.41, 5.74) is 0.0528. The average Bonchev–Trinajstić information content (AvgIpc) is 2.85. The van der Waals surface area contributed by atoms with Gasteiger partial charge in [-0.25, -0.2) is 8.42 Å². The van der Waals surface area contributed by atoms with Gasteiger partial charge in [-0.1, -0.05) is 23.2 Å². The Morgan fingerprint density at radius 2 is 2.00 bits per heavy atom. The minimum atomic E-state index is -4.06. The van der Waals surface area contributed by atoms with E-state index in [0.717, 1.165) is 6.07 Å². The minimum Gasteiger partial charge on any atom is -0.380 e. The fourth-order valence-corrected chi connectivity index (χ4v) is 3.98. The van der Waals surface area contributed by atoms with E-state index in [4.69, 9.17) is 38.6 Å². The number of halogens is 3. The Kier molecular flexibility index (Phi) is 5.05. The lowest BCUT2D eigenvalue weighted by atomic mass is 10.2. The molecular formula is C12H12Cl3NO4S. The zero-order chi connectivity index (χ0) is 15.8. The summed E-state index contributed by atoms with van der Waals surface area (Å²) in [6.07, 6.45) is 0.685. The standard InChI is InChI=1S/C12H12Cl3NO4S/c1-20-7-2-3-16(6-7)12(17)8-4-11(21(15,18)19)10(14)5-9(8)13/h4-5,7H,2-3,6H2,1H3. The molecule has 1 amide bonds. The van der Waals surface area contributed by atoms with Gasteiger partial charge >= 0.3 is 0 Å². The molecule has 0 N–H and O–H groups in total. The zero-order valence-corrected chi connectivity index (χ0v) is 14.1. The molecule has 21 heavy (non-hydrogen) atoms. The van der Waals surface area contributed by atoms with Crippen LogP contribution in [0, 0.1) is 0 Å². The van der Waals surface area contributed by atoms with E-state index in [9.17, 15) is 13.2 Å². The van der Waals surface area contributed by atoms with Gasteiger partial charge in [0.05, 0.1) is 21.7 Å². The van der Waals surface area contributed by atoms with Crippen molar-refractivity contribution < 1.29 is 17.9 Å². The average molecular weight is 373 g/mol. The van der Waals surface area contributed by atoms with Crippen molar-refractivity contribution in [3.63, 3.8) is 0 Å². The molecule has 1 aromatic rings. The largest absolute Gasteiger partial charge is 0.380 e. The smallest absolute Gasteiger partial charge is 0.262 e. The summed E-state index contributed by atoms with van der Waals surface area (Å²) >= 11 is 11.8. The first-order valence-corrected chi connectivity index (χ1v) is 9.06. The molecule has 1 unspecified atom stereocenters. The van der Waals surface area contributed by atoms with Gasteiger partial charge in [0.25, 0.3) is 15.0 Å². The second-order valence-corrected chi connectivity index (χ2v) is 7.95. The molecular weight excluding hydrogens is 361 g/mol. The van der Waals surface area contributed by atoms with Gasteiger partial charge in [-0.05, 0) is 18.6 Å². The number of nitrogens with zero attached hydrogens (tertiary/aromatic N) is 1. The number of amides is 1. The van der Waals surface area contributed by atoms with Crippen molar-refractivity contribution in [1.82, 2.24) is 4.90 Å². The van der Waals surface area contributed by atoms with E-state index in [0.29, 0.717) is 19.5 Å². The van der Waals surface area contributed by atoms with Crippen LogP contribution in [0.4, 0.5) is 0 Å². The first-order valence-electron chi connectivity index (χ1n) is 6.00. The van der Waals surface area contributed by atoms with Crippen LogP contribution in [0.1, 0.15) is 16.8 Å². The molecule has 1 fully saturated rings. The van der Waals surface area contributed by atoms with Crippen LogP contribution in [0.25, 0.3) is 0 Å². The Hall–Kier alpha value is -0.530. The molecule has 0 aromatic heterocycles. The Balaban J connectivity index is 2.38. The number of hydrogen-bond donors (Lipinski definition) is 0. The number of carbonyl (C=O) groups excluding carboxylic acids is 1. The highest BCUT2D eigenvalue weighted by Crippen LogP contribution is 2.32. The van der Waals surface area contributed by atoms with Crippen molar-refractivity contribution in [1.29, 1.82) is 0 Å². The minimum absolute atomic E-state index is 0.0312. The second kappa shape index (κ2) is 6.30. The Bertz CT molecular complexity index is 677. The van der Waals surface area contributed by atoms with Gasteiger partial charge in [-0.2, -0.15) is 0 Å². The molecule has 2 rings (SSSR count). The van der Waals surface area contributed by atoms with Crippen LogP contribution in [0.5, 0.6) is 0 Å². The molecule has 1 aliphatic heterocycles. The summed E-state index contributed by atoms with van der Waals surface area (Å²) in [4.78, 5) is 13.6. The van der Waals surface area contributed by atoms with Crippen molar-refractivity contribution in [3.05, 3.63) is 27.7 Å². The molecule has 116 valence electrons. The van der Waals surface area contributed by atoms with E-state index < -0.39 is 9.05 Å². The highest BCUT2D eigenvalue weighted by atomic mass is 35.7. The van der Waals surface area contributed by atoms with E-state index in [1.807, 2.05) is 0 Å². The maximum Gasteiger partial charge on any atom is 0.262 e. The number of methoxy groups -OCH3 is 1. The topological polar surface area (TPSA) is 63.7 Å². The normalized spacial score (nSPS) is 19.0. The van der Waals surface area contributed by atoms with Crippen molar-refractivity contribution >= 4 is 48.8 Å². The molecule has 1 saturated heterocycles. The summed E-state index contributed by atoms with van der Waals surface area (Å²) < 4.78 is 28.1. The number of carbonyl (C=O) groups is 1. The maximum absolute atomic E-state index is 12.4. The molecule has 0 radical (unpaired) electrons. The number of benzene rings is 1. The molecule has 5 nitrogen and oxygen atoms in total. The summed E-state index contributed by atoms with van der Waals surface area (Å²) in [5.74, 6) is -0.377.